The lowest BCUT2D eigenvalue weighted by Crippen LogP contribution is -2.50. The molecular formula is C25H23Cl2FN2O2. The molecule has 0 fully saturated rings. The Labute approximate surface area is 197 Å². The summed E-state index contributed by atoms with van der Waals surface area (Å²) in [5.74, 6) is -0.898. The van der Waals surface area contributed by atoms with Crippen molar-refractivity contribution in [2.24, 2.45) is 0 Å². The van der Waals surface area contributed by atoms with Crippen LogP contribution in [-0.4, -0.2) is 29.8 Å². The van der Waals surface area contributed by atoms with Crippen LogP contribution >= 0.6 is 23.2 Å². The van der Waals surface area contributed by atoms with Gasteiger partial charge in [-0.25, -0.2) is 4.39 Å². The largest absolute Gasteiger partial charge is 0.357 e. The van der Waals surface area contributed by atoms with Gasteiger partial charge in [0.05, 0.1) is 16.5 Å². The van der Waals surface area contributed by atoms with E-state index in [0.29, 0.717) is 22.0 Å². The van der Waals surface area contributed by atoms with E-state index >= 15 is 0 Å². The molecule has 3 aromatic rings. The van der Waals surface area contributed by atoms with Crippen molar-refractivity contribution in [3.05, 3.63) is 105 Å². The first kappa shape index (κ1) is 23.8. The number of likely N-dealkylation sites (N-methyl/N-ethyl adjacent to an activating group) is 1. The third-order valence-electron chi connectivity index (χ3n) is 5.12. The number of hydrogen-bond acceptors (Lipinski definition) is 2. The number of nitrogens with zero attached hydrogens (tertiary/aromatic N) is 1. The summed E-state index contributed by atoms with van der Waals surface area (Å²) in [6.07, 6.45) is 0.384. The number of amides is 2. The molecule has 0 aliphatic heterocycles. The average Bonchev–Trinajstić information content (AvgIpc) is 2.80. The lowest BCUT2D eigenvalue weighted by molar-refractivity contribution is -0.140. The SMILES string of the molecule is CNC(=O)C(Cc1ccccc1)N(Cc1ccc(F)cc1)C(=O)Cc1ccc(Cl)c(Cl)c1. The maximum absolute atomic E-state index is 13.4. The van der Waals surface area contributed by atoms with Gasteiger partial charge in [0.1, 0.15) is 11.9 Å². The summed E-state index contributed by atoms with van der Waals surface area (Å²) in [5, 5.41) is 3.42. The van der Waals surface area contributed by atoms with Gasteiger partial charge in [0.15, 0.2) is 0 Å². The summed E-state index contributed by atoms with van der Waals surface area (Å²) in [6.45, 7) is 0.158. The molecule has 0 aliphatic rings. The van der Waals surface area contributed by atoms with Crippen molar-refractivity contribution in [1.82, 2.24) is 10.2 Å². The molecule has 166 valence electrons. The quantitative estimate of drug-likeness (QED) is 0.497. The molecule has 3 aromatic carbocycles. The van der Waals surface area contributed by atoms with Crippen LogP contribution in [0.2, 0.25) is 10.0 Å². The van der Waals surface area contributed by atoms with Gasteiger partial charge in [-0.15, -0.1) is 0 Å². The smallest absolute Gasteiger partial charge is 0.242 e. The molecule has 0 aromatic heterocycles. The van der Waals surface area contributed by atoms with Crippen LogP contribution in [0.15, 0.2) is 72.8 Å². The van der Waals surface area contributed by atoms with Crippen molar-refractivity contribution in [2.45, 2.75) is 25.4 Å². The van der Waals surface area contributed by atoms with Gasteiger partial charge in [-0.05, 0) is 41.0 Å². The zero-order valence-electron chi connectivity index (χ0n) is 17.5. The minimum Gasteiger partial charge on any atom is -0.357 e. The van der Waals surface area contributed by atoms with Crippen molar-refractivity contribution < 1.29 is 14.0 Å². The predicted octanol–water partition coefficient (Wildman–Crippen LogP) is 5.06. The summed E-state index contributed by atoms with van der Waals surface area (Å²) in [7, 11) is 1.54. The molecule has 1 N–H and O–H groups in total. The monoisotopic (exact) mass is 472 g/mol. The second-order valence-electron chi connectivity index (χ2n) is 7.39. The third-order valence-corrected chi connectivity index (χ3v) is 5.86. The van der Waals surface area contributed by atoms with E-state index in [2.05, 4.69) is 5.32 Å². The number of carbonyl (C=O) groups is 2. The maximum Gasteiger partial charge on any atom is 0.242 e. The van der Waals surface area contributed by atoms with Gasteiger partial charge in [-0.3, -0.25) is 9.59 Å². The molecular weight excluding hydrogens is 450 g/mol. The van der Waals surface area contributed by atoms with Crippen LogP contribution in [-0.2, 0) is 29.0 Å². The van der Waals surface area contributed by atoms with Crippen molar-refractivity contribution in [3.8, 4) is 0 Å². The molecule has 0 saturated carbocycles. The zero-order valence-corrected chi connectivity index (χ0v) is 19.0. The van der Waals surface area contributed by atoms with E-state index in [-0.39, 0.29) is 30.6 Å². The van der Waals surface area contributed by atoms with E-state index in [1.54, 1.807) is 37.4 Å². The van der Waals surface area contributed by atoms with Gasteiger partial charge in [0.25, 0.3) is 0 Å². The lowest BCUT2D eigenvalue weighted by atomic mass is 10.0. The molecule has 4 nitrogen and oxygen atoms in total. The Balaban J connectivity index is 1.93. The fourth-order valence-corrected chi connectivity index (χ4v) is 3.75. The van der Waals surface area contributed by atoms with Crippen LogP contribution in [0.5, 0.6) is 0 Å². The highest BCUT2D eigenvalue weighted by Gasteiger charge is 2.29. The average molecular weight is 473 g/mol. The maximum atomic E-state index is 13.4. The van der Waals surface area contributed by atoms with Crippen LogP contribution in [0.3, 0.4) is 0 Å². The van der Waals surface area contributed by atoms with E-state index in [1.165, 1.54) is 17.0 Å². The molecule has 1 unspecified atom stereocenters. The van der Waals surface area contributed by atoms with Gasteiger partial charge < -0.3 is 10.2 Å². The highest BCUT2D eigenvalue weighted by molar-refractivity contribution is 6.42. The predicted molar refractivity (Wildman–Crippen MR) is 125 cm³/mol. The van der Waals surface area contributed by atoms with Crippen molar-refractivity contribution in [1.29, 1.82) is 0 Å². The fourth-order valence-electron chi connectivity index (χ4n) is 3.43. The molecule has 0 bridgehead atoms. The van der Waals surface area contributed by atoms with E-state index in [4.69, 9.17) is 23.2 Å². The molecule has 0 heterocycles. The Morgan fingerprint density at radius 1 is 0.906 bits per heavy atom. The van der Waals surface area contributed by atoms with E-state index < -0.39 is 6.04 Å². The molecule has 1 atom stereocenters. The second-order valence-corrected chi connectivity index (χ2v) is 8.21. The Morgan fingerprint density at radius 3 is 2.19 bits per heavy atom. The Morgan fingerprint density at radius 2 is 1.56 bits per heavy atom. The second kappa shape index (κ2) is 11.1. The van der Waals surface area contributed by atoms with E-state index in [9.17, 15) is 14.0 Å². The lowest BCUT2D eigenvalue weighted by Gasteiger charge is -2.31. The van der Waals surface area contributed by atoms with Crippen LogP contribution in [0.1, 0.15) is 16.7 Å². The van der Waals surface area contributed by atoms with Crippen LogP contribution in [0.25, 0.3) is 0 Å². The van der Waals surface area contributed by atoms with Crippen LogP contribution < -0.4 is 5.32 Å². The molecule has 0 aliphatic carbocycles. The third kappa shape index (κ3) is 6.31. The first-order chi connectivity index (χ1) is 15.4. The minimum atomic E-state index is -0.747. The highest BCUT2D eigenvalue weighted by Crippen LogP contribution is 2.24. The molecule has 0 saturated heterocycles. The highest BCUT2D eigenvalue weighted by atomic mass is 35.5. The normalized spacial score (nSPS) is 11.6. The van der Waals surface area contributed by atoms with Gasteiger partial charge in [-0.1, -0.05) is 71.7 Å². The van der Waals surface area contributed by atoms with Gasteiger partial charge in [-0.2, -0.15) is 0 Å². The Hall–Kier alpha value is -2.89. The molecule has 0 spiro atoms. The summed E-state index contributed by atoms with van der Waals surface area (Å²) in [5.41, 5.74) is 2.33. The molecule has 2 amide bonds. The van der Waals surface area contributed by atoms with E-state index in [1.807, 2.05) is 30.3 Å². The standard InChI is InChI=1S/C25H23Cl2FN2O2/c1-29-25(32)23(14-17-5-3-2-4-6-17)30(16-18-7-10-20(28)11-8-18)24(31)15-19-9-12-21(26)22(27)13-19/h2-13,23H,14-16H2,1H3,(H,29,32). The fraction of sp³-hybridized carbons (Fsp3) is 0.200. The molecule has 32 heavy (non-hydrogen) atoms. The molecule has 0 radical (unpaired) electrons. The minimum absolute atomic E-state index is 0.0420. The number of hydrogen-bond donors (Lipinski definition) is 1. The van der Waals surface area contributed by atoms with Crippen LogP contribution in [0.4, 0.5) is 4.39 Å². The number of benzene rings is 3. The zero-order chi connectivity index (χ0) is 23.1. The van der Waals surface area contributed by atoms with Gasteiger partial charge in [0, 0.05) is 20.0 Å². The van der Waals surface area contributed by atoms with Crippen molar-refractivity contribution >= 4 is 35.0 Å². The Kier molecular flexibility index (Phi) is 8.26. The number of nitrogens with one attached hydrogen (secondary N) is 1. The summed E-state index contributed by atoms with van der Waals surface area (Å²) >= 11 is 12.1. The topological polar surface area (TPSA) is 49.4 Å². The number of rotatable bonds is 8. The first-order valence-corrected chi connectivity index (χ1v) is 10.9. The van der Waals surface area contributed by atoms with Gasteiger partial charge >= 0.3 is 0 Å². The van der Waals surface area contributed by atoms with E-state index in [0.717, 1.165) is 11.1 Å². The van der Waals surface area contributed by atoms with Crippen molar-refractivity contribution in [3.63, 3.8) is 0 Å². The van der Waals surface area contributed by atoms with Crippen molar-refractivity contribution in [2.75, 3.05) is 7.05 Å². The van der Waals surface area contributed by atoms with Gasteiger partial charge in [0.2, 0.25) is 11.8 Å². The number of halogens is 3. The summed E-state index contributed by atoms with van der Waals surface area (Å²) < 4.78 is 13.4. The summed E-state index contributed by atoms with van der Waals surface area (Å²) in [4.78, 5) is 27.8. The Bertz CT molecular complexity index is 1080. The number of carbonyl (C=O) groups excluding carboxylic acids is 2. The summed E-state index contributed by atoms with van der Waals surface area (Å²) in [6, 6.07) is 19.6. The van der Waals surface area contributed by atoms with Crippen LogP contribution in [0, 0.1) is 5.82 Å². The molecule has 7 heteroatoms. The molecule has 3 rings (SSSR count). The first-order valence-electron chi connectivity index (χ1n) is 10.1.